The number of benzene rings is 1. The monoisotopic (exact) mass is 345 g/mol. The summed E-state index contributed by atoms with van der Waals surface area (Å²) in [5.74, 6) is -0.215. The zero-order valence-electron chi connectivity index (χ0n) is 14.0. The van der Waals surface area contributed by atoms with Gasteiger partial charge in [-0.3, -0.25) is 9.59 Å². The first kappa shape index (κ1) is 18.2. The molecular formula is C18H23N3O2S. The lowest BCUT2D eigenvalue weighted by Crippen LogP contribution is -2.37. The SMILES string of the molecule is CN(C)C[C@H](NC(=O)CCNC(=O)c1ccsc1)c1ccccc1. The fraction of sp³-hybridized carbons (Fsp3) is 0.333. The van der Waals surface area contributed by atoms with E-state index in [1.54, 1.807) is 11.4 Å². The summed E-state index contributed by atoms with van der Waals surface area (Å²) in [6, 6.07) is 11.6. The average Bonchev–Trinajstić information content (AvgIpc) is 3.09. The number of carbonyl (C=O) groups excluding carboxylic acids is 2. The van der Waals surface area contributed by atoms with E-state index in [0.717, 1.165) is 12.1 Å². The van der Waals surface area contributed by atoms with Crippen LogP contribution in [0.25, 0.3) is 0 Å². The van der Waals surface area contributed by atoms with Gasteiger partial charge in [0.15, 0.2) is 0 Å². The Balaban J connectivity index is 1.83. The van der Waals surface area contributed by atoms with Crippen molar-refractivity contribution >= 4 is 23.2 Å². The maximum absolute atomic E-state index is 12.2. The molecule has 6 heteroatoms. The van der Waals surface area contributed by atoms with E-state index < -0.39 is 0 Å². The molecule has 1 heterocycles. The molecule has 0 fully saturated rings. The minimum Gasteiger partial charge on any atom is -0.351 e. The van der Waals surface area contributed by atoms with Crippen molar-refractivity contribution in [1.29, 1.82) is 0 Å². The summed E-state index contributed by atoms with van der Waals surface area (Å²) in [5.41, 5.74) is 1.71. The van der Waals surface area contributed by atoms with Crippen molar-refractivity contribution in [2.24, 2.45) is 0 Å². The quantitative estimate of drug-likeness (QED) is 0.772. The minimum absolute atomic E-state index is 0.0683. The van der Waals surface area contributed by atoms with Crippen LogP contribution in [0, 0.1) is 0 Å². The zero-order chi connectivity index (χ0) is 17.4. The van der Waals surface area contributed by atoms with E-state index in [2.05, 4.69) is 10.6 Å². The second-order valence-electron chi connectivity index (χ2n) is 5.81. The van der Waals surface area contributed by atoms with Crippen molar-refractivity contribution in [3.05, 3.63) is 58.3 Å². The summed E-state index contributed by atoms with van der Waals surface area (Å²) in [5, 5.41) is 9.45. The Morgan fingerprint density at radius 1 is 1.17 bits per heavy atom. The lowest BCUT2D eigenvalue weighted by Gasteiger charge is -2.23. The number of thiophene rings is 1. The van der Waals surface area contributed by atoms with Gasteiger partial charge in [-0.25, -0.2) is 0 Å². The molecule has 2 aromatic rings. The van der Waals surface area contributed by atoms with Crippen LogP contribution in [-0.2, 0) is 4.79 Å². The predicted octanol–water partition coefficient (Wildman–Crippen LogP) is 2.29. The normalized spacial score (nSPS) is 12.0. The lowest BCUT2D eigenvalue weighted by atomic mass is 10.1. The first-order valence-corrected chi connectivity index (χ1v) is 8.80. The van der Waals surface area contributed by atoms with Crippen LogP contribution in [0.15, 0.2) is 47.2 Å². The van der Waals surface area contributed by atoms with Gasteiger partial charge in [0.1, 0.15) is 0 Å². The number of likely N-dealkylation sites (N-methyl/N-ethyl adjacent to an activating group) is 1. The van der Waals surface area contributed by atoms with Gasteiger partial charge < -0.3 is 15.5 Å². The van der Waals surface area contributed by atoms with Crippen LogP contribution in [0.3, 0.4) is 0 Å². The summed E-state index contributed by atoms with van der Waals surface area (Å²) < 4.78 is 0. The Morgan fingerprint density at radius 2 is 1.92 bits per heavy atom. The molecule has 1 atom stereocenters. The molecule has 1 aromatic carbocycles. The van der Waals surface area contributed by atoms with Gasteiger partial charge >= 0.3 is 0 Å². The number of hydrogen-bond acceptors (Lipinski definition) is 4. The van der Waals surface area contributed by atoms with Crippen LogP contribution in [0.4, 0.5) is 0 Å². The molecule has 2 amide bonds. The Morgan fingerprint density at radius 3 is 2.54 bits per heavy atom. The van der Waals surface area contributed by atoms with Crippen LogP contribution in [0.5, 0.6) is 0 Å². The summed E-state index contributed by atoms with van der Waals surface area (Å²) in [6.07, 6.45) is 0.257. The molecular weight excluding hydrogens is 322 g/mol. The molecule has 5 nitrogen and oxygen atoms in total. The molecule has 2 rings (SSSR count). The highest BCUT2D eigenvalue weighted by Crippen LogP contribution is 2.13. The minimum atomic E-state index is -0.142. The topological polar surface area (TPSA) is 61.4 Å². The second kappa shape index (κ2) is 9.20. The molecule has 0 saturated heterocycles. The van der Waals surface area contributed by atoms with E-state index in [9.17, 15) is 9.59 Å². The third kappa shape index (κ3) is 5.79. The molecule has 0 spiro atoms. The summed E-state index contributed by atoms with van der Waals surface area (Å²) >= 11 is 1.47. The number of nitrogens with zero attached hydrogens (tertiary/aromatic N) is 1. The van der Waals surface area contributed by atoms with Gasteiger partial charge in [-0.1, -0.05) is 30.3 Å². The third-order valence-electron chi connectivity index (χ3n) is 3.51. The van der Waals surface area contributed by atoms with Crippen LogP contribution in [0.2, 0.25) is 0 Å². The van der Waals surface area contributed by atoms with E-state index >= 15 is 0 Å². The molecule has 2 N–H and O–H groups in total. The zero-order valence-corrected chi connectivity index (χ0v) is 14.8. The van der Waals surface area contributed by atoms with Crippen LogP contribution in [-0.4, -0.2) is 43.9 Å². The van der Waals surface area contributed by atoms with Gasteiger partial charge in [0.25, 0.3) is 5.91 Å². The van der Waals surface area contributed by atoms with Gasteiger partial charge in [-0.2, -0.15) is 11.3 Å². The van der Waals surface area contributed by atoms with E-state index in [0.29, 0.717) is 12.1 Å². The predicted molar refractivity (Wildman–Crippen MR) is 97.1 cm³/mol. The Bertz CT molecular complexity index is 642. The number of hydrogen-bond donors (Lipinski definition) is 2. The van der Waals surface area contributed by atoms with Crippen LogP contribution in [0.1, 0.15) is 28.4 Å². The molecule has 0 bridgehead atoms. The van der Waals surface area contributed by atoms with Crippen molar-refractivity contribution in [3.8, 4) is 0 Å². The summed E-state index contributed by atoms with van der Waals surface area (Å²) in [6.45, 7) is 1.04. The van der Waals surface area contributed by atoms with Gasteiger partial charge in [-0.15, -0.1) is 0 Å². The Labute approximate surface area is 146 Å². The van der Waals surface area contributed by atoms with Crippen LogP contribution >= 0.6 is 11.3 Å². The van der Waals surface area contributed by atoms with Gasteiger partial charge in [0.2, 0.25) is 5.91 Å². The number of amides is 2. The molecule has 0 unspecified atom stereocenters. The number of nitrogens with one attached hydrogen (secondary N) is 2. The van der Waals surface area contributed by atoms with E-state index in [1.807, 2.05) is 54.7 Å². The highest BCUT2D eigenvalue weighted by atomic mass is 32.1. The maximum Gasteiger partial charge on any atom is 0.252 e. The van der Waals surface area contributed by atoms with E-state index in [4.69, 9.17) is 0 Å². The average molecular weight is 345 g/mol. The molecule has 24 heavy (non-hydrogen) atoms. The molecule has 0 aliphatic rings. The van der Waals surface area contributed by atoms with Crippen molar-refractivity contribution in [3.63, 3.8) is 0 Å². The highest BCUT2D eigenvalue weighted by molar-refractivity contribution is 7.08. The van der Waals surface area contributed by atoms with E-state index in [-0.39, 0.29) is 24.3 Å². The summed E-state index contributed by atoms with van der Waals surface area (Å²) in [4.78, 5) is 26.1. The molecule has 0 aliphatic carbocycles. The van der Waals surface area contributed by atoms with Gasteiger partial charge in [-0.05, 0) is 31.1 Å². The highest BCUT2D eigenvalue weighted by Gasteiger charge is 2.15. The van der Waals surface area contributed by atoms with Crippen molar-refractivity contribution in [1.82, 2.24) is 15.5 Å². The first-order chi connectivity index (χ1) is 11.6. The van der Waals surface area contributed by atoms with Crippen molar-refractivity contribution in [2.75, 3.05) is 27.2 Å². The lowest BCUT2D eigenvalue weighted by molar-refractivity contribution is -0.121. The van der Waals surface area contributed by atoms with Gasteiger partial charge in [0.05, 0.1) is 6.04 Å². The van der Waals surface area contributed by atoms with Gasteiger partial charge in [0, 0.05) is 30.5 Å². The maximum atomic E-state index is 12.2. The smallest absolute Gasteiger partial charge is 0.252 e. The molecule has 0 saturated carbocycles. The van der Waals surface area contributed by atoms with Crippen molar-refractivity contribution < 1.29 is 9.59 Å². The fourth-order valence-corrected chi connectivity index (χ4v) is 2.97. The third-order valence-corrected chi connectivity index (χ3v) is 4.19. The first-order valence-electron chi connectivity index (χ1n) is 7.85. The molecule has 0 radical (unpaired) electrons. The second-order valence-corrected chi connectivity index (χ2v) is 6.59. The standard InChI is InChI=1S/C18H23N3O2S/c1-21(2)12-16(14-6-4-3-5-7-14)20-17(22)8-10-19-18(23)15-9-11-24-13-15/h3-7,9,11,13,16H,8,10,12H2,1-2H3,(H,19,23)(H,20,22)/t16-/m0/s1. The van der Waals surface area contributed by atoms with Crippen molar-refractivity contribution in [2.45, 2.75) is 12.5 Å². The number of rotatable bonds is 8. The summed E-state index contributed by atoms with van der Waals surface area (Å²) in [7, 11) is 3.95. The number of carbonyl (C=O) groups is 2. The molecule has 0 aliphatic heterocycles. The van der Waals surface area contributed by atoms with Crippen LogP contribution < -0.4 is 10.6 Å². The largest absolute Gasteiger partial charge is 0.351 e. The Hall–Kier alpha value is -2.18. The van der Waals surface area contributed by atoms with E-state index in [1.165, 1.54) is 11.3 Å². The molecule has 128 valence electrons. The Kier molecular flexibility index (Phi) is 6.96. The fourth-order valence-electron chi connectivity index (χ4n) is 2.34. The molecule has 1 aromatic heterocycles.